The van der Waals surface area contributed by atoms with Crippen LogP contribution >= 0.6 is 0 Å². The van der Waals surface area contributed by atoms with Crippen LogP contribution in [-0.2, 0) is 19.9 Å². The van der Waals surface area contributed by atoms with Crippen LogP contribution in [0.2, 0.25) is 0 Å². The number of aromatic nitrogens is 2. The zero-order chi connectivity index (χ0) is 19.8. The summed E-state index contributed by atoms with van der Waals surface area (Å²) in [5, 5.41) is 4.13. The fourth-order valence-corrected chi connectivity index (χ4v) is 7.00. The molecule has 0 aliphatic carbocycles. The molecule has 1 N–H and O–H groups in total. The Morgan fingerprint density at radius 3 is 2.36 bits per heavy atom. The molecule has 2 fully saturated rings. The molecule has 2 aromatic rings. The van der Waals surface area contributed by atoms with Crippen molar-refractivity contribution in [3.63, 3.8) is 0 Å². The van der Waals surface area contributed by atoms with Crippen molar-refractivity contribution in [2.45, 2.75) is 36.2 Å². The molecular weight excluding hydrogens is 400 g/mol. The second-order valence-electron chi connectivity index (χ2n) is 7.43. The Hall–Kier alpha value is -1.75. The zero-order valence-electron chi connectivity index (χ0n) is 15.4. The minimum atomic E-state index is -3.59. The minimum absolute atomic E-state index is 0.0809. The number of sulfone groups is 1. The Bertz CT molecular complexity index is 1010. The Labute approximate surface area is 165 Å². The Kier molecular flexibility index (Phi) is 5.30. The van der Waals surface area contributed by atoms with Crippen molar-refractivity contribution in [1.29, 1.82) is 0 Å². The smallest absolute Gasteiger partial charge is 0.240 e. The van der Waals surface area contributed by atoms with Gasteiger partial charge in [-0.05, 0) is 62.7 Å². The van der Waals surface area contributed by atoms with Crippen molar-refractivity contribution in [2.75, 3.05) is 24.6 Å². The predicted molar refractivity (Wildman–Crippen MR) is 106 cm³/mol. The van der Waals surface area contributed by atoms with Crippen molar-refractivity contribution < 1.29 is 16.8 Å². The van der Waals surface area contributed by atoms with Gasteiger partial charge in [0.1, 0.15) is 0 Å². The van der Waals surface area contributed by atoms with Crippen molar-refractivity contribution in [3.8, 4) is 5.69 Å². The molecule has 0 saturated carbocycles. The molecule has 28 heavy (non-hydrogen) atoms. The Balaban J connectivity index is 1.35. The van der Waals surface area contributed by atoms with E-state index in [1.165, 1.54) is 0 Å². The molecule has 1 atom stereocenters. The van der Waals surface area contributed by atoms with Gasteiger partial charge in [-0.25, -0.2) is 26.2 Å². The van der Waals surface area contributed by atoms with E-state index in [4.69, 9.17) is 0 Å². The summed E-state index contributed by atoms with van der Waals surface area (Å²) in [6, 6.07) is 8.37. The largest absolute Gasteiger partial charge is 0.299 e. The van der Waals surface area contributed by atoms with Crippen LogP contribution in [0.25, 0.3) is 5.69 Å². The third kappa shape index (κ3) is 4.29. The van der Waals surface area contributed by atoms with Gasteiger partial charge in [-0.2, -0.15) is 5.10 Å². The van der Waals surface area contributed by atoms with Gasteiger partial charge < -0.3 is 0 Å². The molecule has 2 saturated heterocycles. The third-order valence-corrected chi connectivity index (χ3v) is 8.78. The number of sulfonamides is 1. The van der Waals surface area contributed by atoms with E-state index in [1.807, 2.05) is 0 Å². The first-order chi connectivity index (χ1) is 13.3. The summed E-state index contributed by atoms with van der Waals surface area (Å²) in [6.07, 6.45) is 5.51. The van der Waals surface area contributed by atoms with Gasteiger partial charge >= 0.3 is 0 Å². The topological polar surface area (TPSA) is 101 Å². The van der Waals surface area contributed by atoms with Crippen molar-refractivity contribution in [2.24, 2.45) is 0 Å². The van der Waals surface area contributed by atoms with Crippen molar-refractivity contribution >= 4 is 19.9 Å². The highest BCUT2D eigenvalue weighted by Gasteiger charge is 2.34. The number of nitrogens with one attached hydrogen (secondary N) is 1. The second-order valence-corrected chi connectivity index (χ2v) is 11.4. The maximum atomic E-state index is 12.7. The molecule has 8 nitrogen and oxygen atoms in total. The van der Waals surface area contributed by atoms with Crippen LogP contribution in [0.1, 0.15) is 19.3 Å². The summed E-state index contributed by atoms with van der Waals surface area (Å²) in [6.45, 7) is 1.43. The van der Waals surface area contributed by atoms with E-state index in [1.54, 1.807) is 47.4 Å². The summed E-state index contributed by atoms with van der Waals surface area (Å²) in [5.41, 5.74) is 0.795. The maximum absolute atomic E-state index is 12.7. The summed E-state index contributed by atoms with van der Waals surface area (Å²) >= 11 is 0. The molecule has 1 aromatic carbocycles. The van der Waals surface area contributed by atoms with E-state index in [9.17, 15) is 16.8 Å². The van der Waals surface area contributed by atoms with Crippen LogP contribution in [0.15, 0.2) is 47.6 Å². The number of piperidine rings is 1. The molecule has 2 aliphatic heterocycles. The molecule has 0 amide bonds. The molecule has 4 rings (SSSR count). The number of hydrogen-bond acceptors (Lipinski definition) is 6. The lowest BCUT2D eigenvalue weighted by atomic mass is 10.0. The molecule has 0 spiro atoms. The molecule has 0 bridgehead atoms. The van der Waals surface area contributed by atoms with Crippen LogP contribution in [-0.4, -0.2) is 68.2 Å². The highest BCUT2D eigenvalue weighted by atomic mass is 32.2. The normalized spacial score (nSPS) is 23.8. The fraction of sp³-hybridized carbons (Fsp3) is 0.500. The minimum Gasteiger partial charge on any atom is -0.299 e. The van der Waals surface area contributed by atoms with E-state index in [0.29, 0.717) is 32.4 Å². The van der Waals surface area contributed by atoms with Gasteiger partial charge in [-0.3, -0.25) is 4.90 Å². The van der Waals surface area contributed by atoms with Gasteiger partial charge in [0.15, 0.2) is 9.84 Å². The average molecular weight is 425 g/mol. The van der Waals surface area contributed by atoms with Crippen LogP contribution in [0.4, 0.5) is 0 Å². The molecule has 10 heteroatoms. The predicted octanol–water partition coefficient (Wildman–Crippen LogP) is 0.802. The van der Waals surface area contributed by atoms with Gasteiger partial charge in [-0.15, -0.1) is 0 Å². The number of hydrogen-bond donors (Lipinski definition) is 1. The lowest BCUT2D eigenvalue weighted by Gasteiger charge is -2.35. The van der Waals surface area contributed by atoms with E-state index in [2.05, 4.69) is 14.7 Å². The molecular formula is C18H24N4O4S2. The zero-order valence-corrected chi connectivity index (χ0v) is 17.1. The molecule has 1 aromatic heterocycles. The number of rotatable bonds is 5. The SMILES string of the molecule is O=S1(=O)CC[C@H](N2CCC(NS(=O)(=O)c3ccc(-n4cccn4)cc3)CC2)C1. The van der Waals surface area contributed by atoms with Gasteiger partial charge in [0.2, 0.25) is 10.0 Å². The van der Waals surface area contributed by atoms with Gasteiger partial charge in [0.25, 0.3) is 0 Å². The summed E-state index contributed by atoms with van der Waals surface area (Å²) in [4.78, 5) is 2.42. The molecule has 2 aliphatic rings. The van der Waals surface area contributed by atoms with Gasteiger partial charge in [-0.1, -0.05) is 0 Å². The molecule has 152 valence electrons. The monoisotopic (exact) mass is 424 g/mol. The summed E-state index contributed by atoms with van der Waals surface area (Å²) in [5.74, 6) is 0.491. The molecule has 0 radical (unpaired) electrons. The summed E-state index contributed by atoms with van der Waals surface area (Å²) in [7, 11) is -6.50. The summed E-state index contributed by atoms with van der Waals surface area (Å²) < 4.78 is 53.2. The second kappa shape index (κ2) is 7.58. The highest BCUT2D eigenvalue weighted by Crippen LogP contribution is 2.23. The molecule has 0 unspecified atom stereocenters. The van der Waals surface area contributed by atoms with Gasteiger partial charge in [0, 0.05) is 24.5 Å². The lowest BCUT2D eigenvalue weighted by Crippen LogP contribution is -2.48. The van der Waals surface area contributed by atoms with Crippen molar-refractivity contribution in [1.82, 2.24) is 19.4 Å². The van der Waals surface area contributed by atoms with E-state index in [0.717, 1.165) is 5.69 Å². The first kappa shape index (κ1) is 19.6. The van der Waals surface area contributed by atoms with Crippen molar-refractivity contribution in [3.05, 3.63) is 42.7 Å². The quantitative estimate of drug-likeness (QED) is 0.762. The standard InChI is InChI=1S/C18H24N4O4S2/c23-27(24)13-8-17(14-27)21-11-6-15(7-12-21)20-28(25,26)18-4-2-16(3-5-18)22-10-1-9-19-22/h1-5,9-10,15,17,20H,6-8,11-14H2/t17-/m0/s1. The Morgan fingerprint density at radius 2 is 1.79 bits per heavy atom. The average Bonchev–Trinajstić information content (AvgIpc) is 3.32. The van der Waals surface area contributed by atoms with E-state index in [-0.39, 0.29) is 28.5 Å². The van der Waals surface area contributed by atoms with Gasteiger partial charge in [0.05, 0.1) is 22.1 Å². The third-order valence-electron chi connectivity index (χ3n) is 5.49. The van der Waals surface area contributed by atoms with E-state index >= 15 is 0 Å². The van der Waals surface area contributed by atoms with Crippen LogP contribution < -0.4 is 4.72 Å². The van der Waals surface area contributed by atoms with E-state index < -0.39 is 19.9 Å². The highest BCUT2D eigenvalue weighted by molar-refractivity contribution is 7.91. The maximum Gasteiger partial charge on any atom is 0.240 e. The first-order valence-electron chi connectivity index (χ1n) is 9.39. The van der Waals surface area contributed by atoms with Crippen LogP contribution in [0.5, 0.6) is 0 Å². The number of nitrogens with zero attached hydrogens (tertiary/aromatic N) is 3. The van der Waals surface area contributed by atoms with Crippen LogP contribution in [0.3, 0.4) is 0 Å². The lowest BCUT2D eigenvalue weighted by molar-refractivity contribution is 0.161. The van der Waals surface area contributed by atoms with Crippen LogP contribution in [0, 0.1) is 0 Å². The Morgan fingerprint density at radius 1 is 1.07 bits per heavy atom. The number of likely N-dealkylation sites (tertiary alicyclic amines) is 1. The molecule has 3 heterocycles. The fourth-order valence-electron chi connectivity index (χ4n) is 3.93. The number of benzene rings is 1. The first-order valence-corrected chi connectivity index (χ1v) is 12.7.